The smallest absolute Gasteiger partial charge is 0.251 e. The van der Waals surface area contributed by atoms with Gasteiger partial charge in [0.2, 0.25) is 5.69 Å². The van der Waals surface area contributed by atoms with Gasteiger partial charge in [0.05, 0.1) is 11.6 Å². The average molecular weight is 467 g/mol. The zero-order valence-electron chi connectivity index (χ0n) is 19.6. The topological polar surface area (TPSA) is 58.0 Å². The molecule has 0 bridgehead atoms. The number of hydrogen-bond acceptors (Lipinski definition) is 4. The van der Waals surface area contributed by atoms with Crippen LogP contribution >= 0.6 is 11.6 Å². The highest BCUT2D eigenvalue weighted by Crippen LogP contribution is 2.55. The number of carbonyl (C=O) groups excluding carboxylic acids is 1. The van der Waals surface area contributed by atoms with Crippen molar-refractivity contribution in [2.75, 3.05) is 31.1 Å². The molecule has 1 saturated carbocycles. The summed E-state index contributed by atoms with van der Waals surface area (Å²) < 4.78 is 6.31. The molecular formula is C26H31ClN4O2. The van der Waals surface area contributed by atoms with E-state index in [0.29, 0.717) is 22.0 Å². The second-order valence-electron chi connectivity index (χ2n) is 10.1. The van der Waals surface area contributed by atoms with E-state index >= 15 is 0 Å². The summed E-state index contributed by atoms with van der Waals surface area (Å²) in [7, 11) is 0. The number of benzene rings is 2. The van der Waals surface area contributed by atoms with Crippen molar-refractivity contribution in [1.82, 2.24) is 10.6 Å². The van der Waals surface area contributed by atoms with Gasteiger partial charge in [-0.05, 0) is 36.4 Å². The van der Waals surface area contributed by atoms with Crippen LogP contribution in [0.2, 0.25) is 5.02 Å². The molecule has 2 aromatic rings. The van der Waals surface area contributed by atoms with Crippen LogP contribution in [0.15, 0.2) is 42.5 Å². The first kappa shape index (κ1) is 23.4. The summed E-state index contributed by atoms with van der Waals surface area (Å²) in [5.74, 6) is 0.558. The van der Waals surface area contributed by atoms with Gasteiger partial charge >= 0.3 is 0 Å². The largest absolute Gasteiger partial charge is 0.489 e. The molecule has 1 saturated heterocycles. The molecule has 1 amide bonds. The first-order valence-electron chi connectivity index (χ1n) is 11.3. The van der Waals surface area contributed by atoms with E-state index in [0.717, 1.165) is 31.9 Å². The van der Waals surface area contributed by atoms with Crippen LogP contribution in [-0.2, 0) is 0 Å². The highest BCUT2D eigenvalue weighted by atomic mass is 35.5. The van der Waals surface area contributed by atoms with Crippen molar-refractivity contribution in [2.24, 2.45) is 10.8 Å². The molecule has 2 fully saturated rings. The van der Waals surface area contributed by atoms with E-state index in [1.54, 1.807) is 18.2 Å². The predicted octanol–water partition coefficient (Wildman–Crippen LogP) is 4.91. The van der Waals surface area contributed by atoms with Crippen molar-refractivity contribution in [3.8, 4) is 5.75 Å². The molecule has 174 valence electrons. The molecule has 0 atom stereocenters. The molecule has 6 nitrogen and oxygen atoms in total. The van der Waals surface area contributed by atoms with Gasteiger partial charge in [-0.1, -0.05) is 45.4 Å². The lowest BCUT2D eigenvalue weighted by Crippen LogP contribution is -2.74. The minimum absolute atomic E-state index is 0.0617. The van der Waals surface area contributed by atoms with Crippen molar-refractivity contribution in [2.45, 2.75) is 39.8 Å². The summed E-state index contributed by atoms with van der Waals surface area (Å²) in [4.78, 5) is 18.8. The van der Waals surface area contributed by atoms with Gasteiger partial charge in [0.15, 0.2) is 0 Å². The monoisotopic (exact) mass is 466 g/mol. The fourth-order valence-electron chi connectivity index (χ4n) is 5.55. The van der Waals surface area contributed by atoms with Gasteiger partial charge in [0, 0.05) is 54.3 Å². The summed E-state index contributed by atoms with van der Waals surface area (Å²) in [6.45, 7) is 19.5. The molecule has 33 heavy (non-hydrogen) atoms. The first-order chi connectivity index (χ1) is 15.6. The molecule has 2 N–H and O–H groups in total. The molecule has 1 heterocycles. The zero-order chi connectivity index (χ0) is 23.8. The maximum Gasteiger partial charge on any atom is 0.251 e. The van der Waals surface area contributed by atoms with Crippen LogP contribution in [0.3, 0.4) is 0 Å². The molecule has 0 radical (unpaired) electrons. The number of rotatable bonds is 5. The number of hydrogen-bond donors (Lipinski definition) is 2. The minimum Gasteiger partial charge on any atom is -0.489 e. The Bertz CT molecular complexity index is 1050. The molecule has 1 aliphatic carbocycles. The van der Waals surface area contributed by atoms with Crippen molar-refractivity contribution >= 4 is 28.9 Å². The number of nitrogens with one attached hydrogen (secondary N) is 2. The molecule has 2 aromatic carbocycles. The van der Waals surface area contributed by atoms with Gasteiger partial charge in [0.1, 0.15) is 11.9 Å². The van der Waals surface area contributed by atoms with Gasteiger partial charge in [-0.15, -0.1) is 0 Å². The molecule has 7 heteroatoms. The maximum absolute atomic E-state index is 13.1. The number of piperazine rings is 1. The van der Waals surface area contributed by atoms with Crippen LogP contribution in [-0.4, -0.2) is 44.2 Å². The third kappa shape index (κ3) is 4.40. The Hall–Kier alpha value is -2.75. The van der Waals surface area contributed by atoms with Crippen molar-refractivity contribution in [3.63, 3.8) is 0 Å². The second-order valence-corrected chi connectivity index (χ2v) is 10.5. The summed E-state index contributed by atoms with van der Waals surface area (Å²) >= 11 is 6.19. The number of anilines is 1. The average Bonchev–Trinajstić information content (AvgIpc) is 2.81. The van der Waals surface area contributed by atoms with E-state index < -0.39 is 0 Å². The van der Waals surface area contributed by atoms with E-state index in [1.807, 2.05) is 24.3 Å². The van der Waals surface area contributed by atoms with Gasteiger partial charge in [0.25, 0.3) is 5.91 Å². The van der Waals surface area contributed by atoms with Crippen molar-refractivity contribution < 1.29 is 9.53 Å². The minimum atomic E-state index is -0.287. The van der Waals surface area contributed by atoms with E-state index in [-0.39, 0.29) is 28.9 Å². The Morgan fingerprint density at radius 3 is 2.33 bits per heavy atom. The van der Waals surface area contributed by atoms with E-state index in [4.69, 9.17) is 22.9 Å². The highest BCUT2D eigenvalue weighted by Gasteiger charge is 2.64. The Morgan fingerprint density at radius 2 is 1.76 bits per heavy atom. The molecule has 1 aliphatic heterocycles. The van der Waals surface area contributed by atoms with Crippen LogP contribution < -0.4 is 20.3 Å². The van der Waals surface area contributed by atoms with E-state index in [2.05, 4.69) is 48.1 Å². The lowest BCUT2D eigenvalue weighted by molar-refractivity contribution is -0.164. The second kappa shape index (κ2) is 8.89. The number of ether oxygens (including phenoxy) is 1. The summed E-state index contributed by atoms with van der Waals surface area (Å²) in [6, 6.07) is 12.9. The summed E-state index contributed by atoms with van der Waals surface area (Å²) in [6.07, 6.45) is -0.125. The lowest BCUT2D eigenvalue weighted by Gasteiger charge is -2.63. The normalized spacial score (nSPS) is 23.2. The van der Waals surface area contributed by atoms with Crippen LogP contribution in [0.25, 0.3) is 4.85 Å². The number of halogens is 1. The van der Waals surface area contributed by atoms with Gasteiger partial charge in [-0.25, -0.2) is 4.85 Å². The van der Waals surface area contributed by atoms with Gasteiger partial charge in [-0.3, -0.25) is 4.79 Å². The fourth-order valence-corrected chi connectivity index (χ4v) is 5.76. The molecule has 4 rings (SSSR count). The quantitative estimate of drug-likeness (QED) is 0.614. The Kier molecular flexibility index (Phi) is 6.30. The van der Waals surface area contributed by atoms with Crippen molar-refractivity contribution in [1.29, 1.82) is 0 Å². The lowest BCUT2D eigenvalue weighted by atomic mass is 9.49. The summed E-state index contributed by atoms with van der Waals surface area (Å²) in [5, 5.41) is 6.99. The van der Waals surface area contributed by atoms with Crippen LogP contribution in [0.5, 0.6) is 5.75 Å². The van der Waals surface area contributed by atoms with Crippen molar-refractivity contribution in [3.05, 3.63) is 64.5 Å². The summed E-state index contributed by atoms with van der Waals surface area (Å²) in [5.41, 5.74) is 1.64. The predicted molar refractivity (Wildman–Crippen MR) is 132 cm³/mol. The standard InChI is InChI=1S/C26H31ClN4O2/c1-25(2)23(26(3,4)24(25)33-19-10-11-21(28-5)20(27)16-19)30-22(32)17-6-8-18(9-7-17)31-14-12-29-13-15-31/h6-11,16,23-24,29H,12-15H2,1-4H3,(H,30,32). The highest BCUT2D eigenvalue weighted by molar-refractivity contribution is 6.33. The maximum atomic E-state index is 13.1. The van der Waals surface area contributed by atoms with Crippen LogP contribution in [0.1, 0.15) is 38.1 Å². The van der Waals surface area contributed by atoms with Crippen LogP contribution in [0, 0.1) is 17.4 Å². The van der Waals surface area contributed by atoms with E-state index in [1.165, 1.54) is 0 Å². The third-order valence-corrected chi connectivity index (χ3v) is 7.32. The first-order valence-corrected chi connectivity index (χ1v) is 11.7. The Balaban J connectivity index is 1.43. The molecule has 0 unspecified atom stereocenters. The third-order valence-electron chi connectivity index (χ3n) is 7.02. The Morgan fingerprint density at radius 1 is 1.12 bits per heavy atom. The SMILES string of the molecule is [C-]#[N+]c1ccc(OC2C(C)(C)C(NC(=O)c3ccc(N4CCNCC4)cc3)C2(C)C)cc1Cl. The molecule has 2 aliphatic rings. The number of nitrogens with zero attached hydrogens (tertiary/aromatic N) is 2. The fraction of sp³-hybridized carbons (Fsp3) is 0.462. The number of carbonyl (C=O) groups is 1. The van der Waals surface area contributed by atoms with Crippen LogP contribution in [0.4, 0.5) is 11.4 Å². The van der Waals surface area contributed by atoms with Gasteiger partial charge in [-0.2, -0.15) is 0 Å². The van der Waals surface area contributed by atoms with Gasteiger partial charge < -0.3 is 20.3 Å². The van der Waals surface area contributed by atoms with E-state index in [9.17, 15) is 4.79 Å². The molecule has 0 aromatic heterocycles. The number of amides is 1. The Labute approximate surface area is 201 Å². The molecule has 0 spiro atoms. The molecular weight excluding hydrogens is 436 g/mol. The zero-order valence-corrected chi connectivity index (χ0v) is 20.4.